The second-order valence-corrected chi connectivity index (χ2v) is 7.08. The summed E-state index contributed by atoms with van der Waals surface area (Å²) >= 11 is 17.8. The lowest BCUT2D eigenvalue weighted by Gasteiger charge is -2.10. The molecule has 0 aliphatic heterocycles. The van der Waals surface area contributed by atoms with Gasteiger partial charge in [0.15, 0.2) is 6.61 Å². The summed E-state index contributed by atoms with van der Waals surface area (Å²) in [5.41, 5.74) is 0.991. The maximum absolute atomic E-state index is 12.1. The maximum Gasteiger partial charge on any atom is 0.262 e. The van der Waals surface area contributed by atoms with Crippen LogP contribution < -0.4 is 15.4 Å². The van der Waals surface area contributed by atoms with E-state index in [4.69, 9.17) is 39.5 Å². The monoisotopic (exact) mass is 412 g/mol. The van der Waals surface area contributed by atoms with Crippen molar-refractivity contribution in [3.05, 3.63) is 57.0 Å². The fourth-order valence-electron chi connectivity index (χ4n) is 2.19. The third kappa shape index (κ3) is 5.04. The van der Waals surface area contributed by atoms with Crippen LogP contribution in [0.2, 0.25) is 15.1 Å². The van der Waals surface area contributed by atoms with Gasteiger partial charge >= 0.3 is 0 Å². The molecule has 26 heavy (non-hydrogen) atoms. The van der Waals surface area contributed by atoms with E-state index in [2.05, 4.69) is 10.6 Å². The highest BCUT2D eigenvalue weighted by molar-refractivity contribution is 6.43. The Bertz CT molecular complexity index is 854. The molecule has 0 heterocycles. The summed E-state index contributed by atoms with van der Waals surface area (Å²) in [7, 11) is 0. The van der Waals surface area contributed by atoms with Crippen LogP contribution in [0.1, 0.15) is 23.2 Å². The van der Waals surface area contributed by atoms with E-state index in [0.29, 0.717) is 16.3 Å². The average molecular weight is 414 g/mol. The smallest absolute Gasteiger partial charge is 0.262 e. The lowest BCUT2D eigenvalue weighted by atomic mass is 10.2. The summed E-state index contributed by atoms with van der Waals surface area (Å²) in [6.45, 7) is -0.268. The molecule has 2 aromatic carbocycles. The first-order chi connectivity index (χ1) is 12.4. The number of anilines is 1. The topological polar surface area (TPSA) is 67.4 Å². The van der Waals surface area contributed by atoms with E-state index in [0.717, 1.165) is 12.8 Å². The highest BCUT2D eigenvalue weighted by atomic mass is 35.5. The zero-order chi connectivity index (χ0) is 18.7. The molecule has 8 heteroatoms. The van der Waals surface area contributed by atoms with Crippen LogP contribution in [0.3, 0.4) is 0 Å². The van der Waals surface area contributed by atoms with Gasteiger partial charge in [0.05, 0.1) is 15.1 Å². The van der Waals surface area contributed by atoms with Gasteiger partial charge in [0.2, 0.25) is 0 Å². The number of carbonyl (C=O) groups excluding carboxylic acids is 2. The molecule has 0 unspecified atom stereocenters. The highest BCUT2D eigenvalue weighted by Crippen LogP contribution is 2.33. The molecule has 2 amide bonds. The molecule has 0 radical (unpaired) electrons. The van der Waals surface area contributed by atoms with Crippen LogP contribution in [0, 0.1) is 0 Å². The van der Waals surface area contributed by atoms with E-state index in [1.165, 1.54) is 12.1 Å². The van der Waals surface area contributed by atoms with Crippen molar-refractivity contribution in [3.8, 4) is 5.75 Å². The van der Waals surface area contributed by atoms with E-state index < -0.39 is 5.91 Å². The fraction of sp³-hybridized carbons (Fsp3) is 0.222. The van der Waals surface area contributed by atoms with E-state index >= 15 is 0 Å². The summed E-state index contributed by atoms with van der Waals surface area (Å²) < 4.78 is 5.38. The van der Waals surface area contributed by atoms with Crippen molar-refractivity contribution in [2.24, 2.45) is 0 Å². The first-order valence-electron chi connectivity index (χ1n) is 7.90. The van der Waals surface area contributed by atoms with Gasteiger partial charge in [0.1, 0.15) is 5.75 Å². The minimum atomic E-state index is -0.396. The minimum Gasteiger partial charge on any atom is -0.482 e. The average Bonchev–Trinajstić information content (AvgIpc) is 3.41. The number of carbonyl (C=O) groups is 2. The Hall–Kier alpha value is -1.95. The van der Waals surface area contributed by atoms with Crippen molar-refractivity contribution >= 4 is 52.3 Å². The Morgan fingerprint density at radius 2 is 1.77 bits per heavy atom. The molecule has 0 aromatic heterocycles. The molecular formula is C18H15Cl3N2O3. The van der Waals surface area contributed by atoms with Crippen LogP contribution in [0.15, 0.2) is 36.4 Å². The van der Waals surface area contributed by atoms with E-state index in [-0.39, 0.29) is 34.4 Å². The molecule has 0 atom stereocenters. The fourth-order valence-corrected chi connectivity index (χ4v) is 2.78. The molecule has 1 fully saturated rings. The van der Waals surface area contributed by atoms with Crippen molar-refractivity contribution in [2.75, 3.05) is 11.9 Å². The second kappa shape index (κ2) is 8.16. The quantitative estimate of drug-likeness (QED) is 0.682. The number of nitrogens with one attached hydrogen (secondary N) is 2. The van der Waals surface area contributed by atoms with E-state index in [9.17, 15) is 9.59 Å². The van der Waals surface area contributed by atoms with Gasteiger partial charge in [-0.15, -0.1) is 0 Å². The molecule has 0 spiro atoms. The lowest BCUT2D eigenvalue weighted by Crippen LogP contribution is -2.25. The zero-order valence-electron chi connectivity index (χ0n) is 13.5. The van der Waals surface area contributed by atoms with Crippen LogP contribution in [0.5, 0.6) is 5.75 Å². The zero-order valence-corrected chi connectivity index (χ0v) is 15.8. The summed E-state index contributed by atoms with van der Waals surface area (Å²) in [6, 6.07) is 9.86. The highest BCUT2D eigenvalue weighted by Gasteiger charge is 2.23. The molecule has 2 aromatic rings. The molecule has 5 nitrogen and oxygen atoms in total. The molecule has 0 bridgehead atoms. The van der Waals surface area contributed by atoms with Gasteiger partial charge < -0.3 is 15.4 Å². The number of ether oxygens (including phenoxy) is 1. The standard InChI is InChI=1S/C18H15Cl3N2O3/c19-13-7-15(21)16(8-14(13)20)26-9-17(24)22-12-3-1-2-10(6-12)18(25)23-11-4-5-11/h1-3,6-8,11H,4-5,9H2,(H,22,24)(H,23,25). The van der Waals surface area contributed by atoms with Gasteiger partial charge in [-0.05, 0) is 37.1 Å². The first-order valence-corrected chi connectivity index (χ1v) is 9.04. The Labute approximate surface area is 165 Å². The van der Waals surface area contributed by atoms with Gasteiger partial charge in [-0.1, -0.05) is 40.9 Å². The summed E-state index contributed by atoms with van der Waals surface area (Å²) in [6.07, 6.45) is 2.02. The van der Waals surface area contributed by atoms with Crippen molar-refractivity contribution < 1.29 is 14.3 Å². The summed E-state index contributed by atoms with van der Waals surface area (Å²) in [5.74, 6) is -0.289. The van der Waals surface area contributed by atoms with Crippen LogP contribution >= 0.6 is 34.8 Å². The van der Waals surface area contributed by atoms with Crippen LogP contribution in [0.25, 0.3) is 0 Å². The van der Waals surface area contributed by atoms with Crippen LogP contribution in [-0.4, -0.2) is 24.5 Å². The number of benzene rings is 2. The van der Waals surface area contributed by atoms with Gasteiger partial charge in [0, 0.05) is 23.4 Å². The van der Waals surface area contributed by atoms with Crippen LogP contribution in [-0.2, 0) is 4.79 Å². The Morgan fingerprint density at radius 1 is 1.04 bits per heavy atom. The molecule has 0 saturated heterocycles. The number of rotatable bonds is 6. The predicted molar refractivity (Wildman–Crippen MR) is 103 cm³/mol. The summed E-state index contributed by atoms with van der Waals surface area (Å²) in [4.78, 5) is 24.1. The van der Waals surface area contributed by atoms with E-state index in [1.54, 1.807) is 24.3 Å². The Morgan fingerprint density at radius 3 is 2.50 bits per heavy atom. The van der Waals surface area contributed by atoms with Gasteiger partial charge in [0.25, 0.3) is 11.8 Å². The molecule has 1 saturated carbocycles. The Balaban J connectivity index is 1.58. The van der Waals surface area contributed by atoms with Crippen molar-refractivity contribution in [1.29, 1.82) is 0 Å². The molecule has 1 aliphatic carbocycles. The lowest BCUT2D eigenvalue weighted by molar-refractivity contribution is -0.118. The van der Waals surface area contributed by atoms with Gasteiger partial charge in [-0.2, -0.15) is 0 Å². The van der Waals surface area contributed by atoms with Crippen molar-refractivity contribution in [2.45, 2.75) is 18.9 Å². The Kier molecular flexibility index (Phi) is 5.91. The molecule has 136 valence electrons. The number of hydrogen-bond donors (Lipinski definition) is 2. The minimum absolute atomic E-state index is 0.151. The maximum atomic E-state index is 12.1. The van der Waals surface area contributed by atoms with Crippen molar-refractivity contribution in [3.63, 3.8) is 0 Å². The molecule has 1 aliphatic rings. The predicted octanol–water partition coefficient (Wildman–Crippen LogP) is 4.56. The van der Waals surface area contributed by atoms with E-state index in [1.807, 2.05) is 0 Å². The number of halogens is 3. The summed E-state index contributed by atoms with van der Waals surface area (Å²) in [5, 5.41) is 6.41. The van der Waals surface area contributed by atoms with Gasteiger partial charge in [-0.3, -0.25) is 9.59 Å². The largest absolute Gasteiger partial charge is 0.482 e. The van der Waals surface area contributed by atoms with Crippen molar-refractivity contribution in [1.82, 2.24) is 5.32 Å². The molecular weight excluding hydrogens is 399 g/mol. The van der Waals surface area contributed by atoms with Gasteiger partial charge in [-0.25, -0.2) is 0 Å². The third-order valence-corrected chi connectivity index (χ3v) is 4.67. The third-order valence-electron chi connectivity index (χ3n) is 3.65. The van der Waals surface area contributed by atoms with Crippen LogP contribution in [0.4, 0.5) is 5.69 Å². The number of hydrogen-bond acceptors (Lipinski definition) is 3. The molecule has 2 N–H and O–H groups in total. The molecule has 3 rings (SSSR count). The second-order valence-electron chi connectivity index (χ2n) is 5.86. The number of amides is 2. The SMILES string of the molecule is O=C(COc1cc(Cl)c(Cl)cc1Cl)Nc1cccc(C(=O)NC2CC2)c1. The normalized spacial score (nSPS) is 13.2. The first kappa shape index (κ1) is 18.8.